The summed E-state index contributed by atoms with van der Waals surface area (Å²) in [5.74, 6) is 0.888. The molecule has 1 unspecified atom stereocenters. The van der Waals surface area contributed by atoms with E-state index in [9.17, 15) is 14.7 Å². The highest BCUT2D eigenvalue weighted by atomic mass is 35.5. The second-order valence-corrected chi connectivity index (χ2v) is 6.67. The van der Waals surface area contributed by atoms with Crippen molar-refractivity contribution in [3.63, 3.8) is 0 Å². The van der Waals surface area contributed by atoms with E-state index in [4.69, 9.17) is 9.47 Å². The summed E-state index contributed by atoms with van der Waals surface area (Å²) >= 11 is 0. The average molecular weight is 408 g/mol. The Bertz CT molecular complexity index is 946. The van der Waals surface area contributed by atoms with Gasteiger partial charge in [0.05, 0.1) is 12.3 Å². The molecule has 150 valence electrons. The van der Waals surface area contributed by atoms with Crippen LogP contribution in [0.15, 0.2) is 35.3 Å². The number of fused-ring (bicyclic) bond motifs is 1. The number of aliphatic hydroxyl groups excluding tert-OH is 1. The number of aryl methyl sites for hydroxylation is 1. The SMILES string of the molecule is Cc1ccn(-c2ccc3c(c2)OCO3)c(=O)c1C(=O)N1CCNC(CO)C1.Cl. The molecule has 0 saturated carbocycles. The van der Waals surface area contributed by atoms with Crippen LogP contribution in [0, 0.1) is 6.92 Å². The quantitative estimate of drug-likeness (QED) is 0.778. The summed E-state index contributed by atoms with van der Waals surface area (Å²) in [4.78, 5) is 27.8. The average Bonchev–Trinajstić information content (AvgIpc) is 3.16. The van der Waals surface area contributed by atoms with E-state index in [1.807, 2.05) is 0 Å². The van der Waals surface area contributed by atoms with Gasteiger partial charge in [-0.2, -0.15) is 0 Å². The number of ether oxygens (including phenoxy) is 2. The molecule has 0 radical (unpaired) electrons. The van der Waals surface area contributed by atoms with Gasteiger partial charge in [0, 0.05) is 37.9 Å². The standard InChI is InChI=1S/C19H21N3O5.ClH/c1-12-4-6-22(14-2-3-15-16(8-14)27-11-26-15)19(25)17(12)18(24)21-7-5-20-13(9-21)10-23;/h2-4,6,8,13,20,23H,5,7,9-11H2,1H3;1H. The number of amides is 1. The first-order valence-electron chi connectivity index (χ1n) is 8.84. The smallest absolute Gasteiger partial charge is 0.268 e. The molecule has 9 heteroatoms. The molecule has 0 aliphatic carbocycles. The van der Waals surface area contributed by atoms with Gasteiger partial charge in [0.2, 0.25) is 6.79 Å². The van der Waals surface area contributed by atoms with Crippen LogP contribution in [-0.2, 0) is 0 Å². The molecule has 1 amide bonds. The minimum atomic E-state index is -0.377. The van der Waals surface area contributed by atoms with Crippen molar-refractivity contribution < 1.29 is 19.4 Å². The summed E-state index contributed by atoms with van der Waals surface area (Å²) in [6.45, 7) is 3.29. The summed E-state index contributed by atoms with van der Waals surface area (Å²) in [5.41, 5.74) is 1.000. The fraction of sp³-hybridized carbons (Fsp3) is 0.368. The molecule has 1 aromatic carbocycles. The third-order valence-corrected chi connectivity index (χ3v) is 4.91. The number of pyridine rings is 1. The van der Waals surface area contributed by atoms with Crippen LogP contribution in [0.1, 0.15) is 15.9 Å². The Hall–Kier alpha value is -2.55. The molecule has 1 saturated heterocycles. The van der Waals surface area contributed by atoms with Gasteiger partial charge in [0.15, 0.2) is 11.5 Å². The first kappa shape index (κ1) is 20.2. The highest BCUT2D eigenvalue weighted by Crippen LogP contribution is 2.33. The maximum Gasteiger partial charge on any atom is 0.268 e. The Kier molecular flexibility index (Phi) is 5.93. The summed E-state index contributed by atoms with van der Waals surface area (Å²) in [7, 11) is 0. The van der Waals surface area contributed by atoms with Gasteiger partial charge in [-0.15, -0.1) is 12.4 Å². The number of halogens is 1. The molecule has 3 heterocycles. The monoisotopic (exact) mass is 407 g/mol. The second-order valence-electron chi connectivity index (χ2n) is 6.67. The summed E-state index contributed by atoms with van der Waals surface area (Å²) in [6.07, 6.45) is 1.65. The van der Waals surface area contributed by atoms with E-state index in [0.717, 1.165) is 0 Å². The van der Waals surface area contributed by atoms with E-state index in [1.54, 1.807) is 42.3 Å². The van der Waals surface area contributed by atoms with Gasteiger partial charge < -0.3 is 24.8 Å². The van der Waals surface area contributed by atoms with E-state index in [1.165, 1.54) is 4.57 Å². The maximum atomic E-state index is 13.1. The number of piperazine rings is 1. The van der Waals surface area contributed by atoms with Crippen LogP contribution in [0.25, 0.3) is 5.69 Å². The predicted octanol–water partition coefficient (Wildman–Crippen LogP) is 0.703. The lowest BCUT2D eigenvalue weighted by atomic mass is 10.1. The number of benzene rings is 1. The largest absolute Gasteiger partial charge is 0.454 e. The molecule has 4 rings (SSSR count). The number of carbonyl (C=O) groups is 1. The molecule has 2 aliphatic heterocycles. The van der Waals surface area contributed by atoms with Crippen LogP contribution in [0.4, 0.5) is 0 Å². The maximum absolute atomic E-state index is 13.1. The minimum Gasteiger partial charge on any atom is -0.454 e. The zero-order valence-electron chi connectivity index (χ0n) is 15.4. The van der Waals surface area contributed by atoms with Gasteiger partial charge >= 0.3 is 0 Å². The molecule has 1 atom stereocenters. The van der Waals surface area contributed by atoms with Crippen molar-refractivity contribution in [3.8, 4) is 17.2 Å². The Labute approximate surface area is 168 Å². The van der Waals surface area contributed by atoms with Crippen LogP contribution < -0.4 is 20.3 Å². The van der Waals surface area contributed by atoms with E-state index < -0.39 is 0 Å². The fourth-order valence-electron chi connectivity index (χ4n) is 3.42. The lowest BCUT2D eigenvalue weighted by Crippen LogP contribution is -2.54. The second kappa shape index (κ2) is 8.22. The van der Waals surface area contributed by atoms with Crippen molar-refractivity contribution in [1.82, 2.24) is 14.8 Å². The molecule has 28 heavy (non-hydrogen) atoms. The van der Waals surface area contributed by atoms with Crippen LogP contribution >= 0.6 is 12.4 Å². The van der Waals surface area contributed by atoms with Gasteiger partial charge in [0.1, 0.15) is 5.56 Å². The van der Waals surface area contributed by atoms with Crippen LogP contribution in [0.3, 0.4) is 0 Å². The number of nitrogens with zero attached hydrogens (tertiary/aromatic N) is 2. The van der Waals surface area contributed by atoms with Crippen LogP contribution in [0.2, 0.25) is 0 Å². The lowest BCUT2D eigenvalue weighted by molar-refractivity contribution is 0.0668. The van der Waals surface area contributed by atoms with Crippen molar-refractivity contribution in [3.05, 3.63) is 51.9 Å². The van der Waals surface area contributed by atoms with Crippen LogP contribution in [0.5, 0.6) is 11.5 Å². The summed E-state index contributed by atoms with van der Waals surface area (Å²) < 4.78 is 12.1. The molecule has 2 aliphatic rings. The van der Waals surface area contributed by atoms with Gasteiger partial charge in [-0.1, -0.05) is 0 Å². The number of hydrogen-bond donors (Lipinski definition) is 2. The molecule has 2 aromatic rings. The third kappa shape index (κ3) is 3.58. The molecular weight excluding hydrogens is 386 g/mol. The molecule has 1 aromatic heterocycles. The highest BCUT2D eigenvalue weighted by molar-refractivity contribution is 5.95. The Balaban J connectivity index is 0.00000225. The topological polar surface area (TPSA) is 93.0 Å². The number of aliphatic hydroxyl groups is 1. The number of aromatic nitrogens is 1. The third-order valence-electron chi connectivity index (χ3n) is 4.91. The minimum absolute atomic E-state index is 0. The number of carbonyl (C=O) groups excluding carboxylic acids is 1. The molecular formula is C19H22ClN3O5. The van der Waals surface area contributed by atoms with Crippen molar-refractivity contribution >= 4 is 18.3 Å². The molecule has 2 N–H and O–H groups in total. The number of rotatable bonds is 3. The number of nitrogens with one attached hydrogen (secondary N) is 1. The van der Waals surface area contributed by atoms with E-state index >= 15 is 0 Å². The molecule has 1 fully saturated rings. The van der Waals surface area contributed by atoms with Gasteiger partial charge in [0.25, 0.3) is 11.5 Å². The van der Waals surface area contributed by atoms with Crippen molar-refractivity contribution in [2.45, 2.75) is 13.0 Å². The first-order chi connectivity index (χ1) is 13.1. The lowest BCUT2D eigenvalue weighted by Gasteiger charge is -2.33. The van der Waals surface area contributed by atoms with E-state index in [0.29, 0.717) is 42.4 Å². The van der Waals surface area contributed by atoms with Crippen molar-refractivity contribution in [2.75, 3.05) is 33.0 Å². The zero-order chi connectivity index (χ0) is 19.0. The molecule has 0 spiro atoms. The first-order valence-corrected chi connectivity index (χ1v) is 8.84. The fourth-order valence-corrected chi connectivity index (χ4v) is 3.42. The Morgan fingerprint density at radius 2 is 2.07 bits per heavy atom. The van der Waals surface area contributed by atoms with E-state index in [2.05, 4.69) is 5.32 Å². The predicted molar refractivity (Wildman–Crippen MR) is 105 cm³/mol. The molecule has 8 nitrogen and oxygen atoms in total. The van der Waals surface area contributed by atoms with Gasteiger partial charge in [-0.3, -0.25) is 14.2 Å². The Morgan fingerprint density at radius 3 is 2.86 bits per heavy atom. The summed E-state index contributed by atoms with van der Waals surface area (Å²) in [6, 6.07) is 6.80. The Morgan fingerprint density at radius 1 is 1.29 bits per heavy atom. The highest BCUT2D eigenvalue weighted by Gasteiger charge is 2.27. The van der Waals surface area contributed by atoms with Crippen molar-refractivity contribution in [1.29, 1.82) is 0 Å². The zero-order valence-corrected chi connectivity index (χ0v) is 16.2. The summed E-state index contributed by atoms with van der Waals surface area (Å²) in [5, 5.41) is 12.5. The normalized spacial score (nSPS) is 17.9. The van der Waals surface area contributed by atoms with Crippen LogP contribution in [-0.4, -0.2) is 59.6 Å². The van der Waals surface area contributed by atoms with Gasteiger partial charge in [-0.05, 0) is 30.7 Å². The van der Waals surface area contributed by atoms with Gasteiger partial charge in [-0.25, -0.2) is 0 Å². The van der Waals surface area contributed by atoms with Crippen molar-refractivity contribution in [2.24, 2.45) is 0 Å². The van der Waals surface area contributed by atoms with E-state index in [-0.39, 0.29) is 48.9 Å². The number of hydrogen-bond acceptors (Lipinski definition) is 6. The molecule has 0 bridgehead atoms.